The van der Waals surface area contributed by atoms with E-state index in [0.29, 0.717) is 40.2 Å². The number of hydrogen-bond donors (Lipinski definition) is 2. The SMILES string of the molecule is Cc1cc(C)c(S(=O)(=O)N(Cc2ccc(O)cc2Cl)c2ccc(CCCO)cc2)c(C)c1. The summed E-state index contributed by atoms with van der Waals surface area (Å²) in [6.45, 7) is 5.67. The maximum atomic E-state index is 13.9. The van der Waals surface area contributed by atoms with Crippen LogP contribution in [0.5, 0.6) is 5.75 Å². The van der Waals surface area contributed by atoms with Gasteiger partial charge in [-0.05, 0) is 80.1 Å². The summed E-state index contributed by atoms with van der Waals surface area (Å²) in [7, 11) is -3.91. The summed E-state index contributed by atoms with van der Waals surface area (Å²) in [6.07, 6.45) is 1.36. The van der Waals surface area contributed by atoms with Gasteiger partial charge in [-0.25, -0.2) is 8.42 Å². The van der Waals surface area contributed by atoms with Crippen molar-refractivity contribution in [1.82, 2.24) is 0 Å². The smallest absolute Gasteiger partial charge is 0.265 e. The number of anilines is 1. The van der Waals surface area contributed by atoms with Crippen LogP contribution in [0.25, 0.3) is 0 Å². The highest BCUT2D eigenvalue weighted by atomic mass is 35.5. The van der Waals surface area contributed by atoms with Crippen molar-refractivity contribution in [3.05, 3.63) is 87.4 Å². The molecule has 2 N–H and O–H groups in total. The lowest BCUT2D eigenvalue weighted by molar-refractivity contribution is 0.288. The Hall–Kier alpha value is -2.54. The maximum absolute atomic E-state index is 13.9. The fourth-order valence-electron chi connectivity index (χ4n) is 3.93. The lowest BCUT2D eigenvalue weighted by atomic mass is 10.1. The Kier molecular flexibility index (Phi) is 7.49. The van der Waals surface area contributed by atoms with Gasteiger partial charge < -0.3 is 10.2 Å². The van der Waals surface area contributed by atoms with Gasteiger partial charge in [0, 0.05) is 11.6 Å². The number of benzene rings is 3. The summed E-state index contributed by atoms with van der Waals surface area (Å²) in [5.41, 5.74) is 4.49. The number of phenolic OH excluding ortho intramolecular Hbond substituents is 1. The number of aryl methyl sites for hydroxylation is 4. The van der Waals surface area contributed by atoms with Gasteiger partial charge in [-0.3, -0.25) is 4.31 Å². The molecule has 0 amide bonds. The molecule has 0 unspecified atom stereocenters. The third kappa shape index (κ3) is 5.26. The highest BCUT2D eigenvalue weighted by Crippen LogP contribution is 2.32. The quantitative estimate of drug-likeness (QED) is 0.466. The van der Waals surface area contributed by atoms with Crippen molar-refractivity contribution in [3.63, 3.8) is 0 Å². The second kappa shape index (κ2) is 9.94. The predicted molar refractivity (Wildman–Crippen MR) is 129 cm³/mol. The van der Waals surface area contributed by atoms with Crippen LogP contribution >= 0.6 is 11.6 Å². The van der Waals surface area contributed by atoms with Gasteiger partial charge in [0.2, 0.25) is 0 Å². The van der Waals surface area contributed by atoms with Crippen LogP contribution in [0, 0.1) is 20.8 Å². The minimum atomic E-state index is -3.91. The van der Waals surface area contributed by atoms with Crippen LogP contribution in [0.2, 0.25) is 5.02 Å². The Labute approximate surface area is 195 Å². The van der Waals surface area contributed by atoms with Gasteiger partial charge in [0.05, 0.1) is 17.1 Å². The van der Waals surface area contributed by atoms with Crippen molar-refractivity contribution in [3.8, 4) is 5.75 Å². The second-order valence-electron chi connectivity index (χ2n) is 8.01. The van der Waals surface area contributed by atoms with Crippen molar-refractivity contribution in [2.24, 2.45) is 0 Å². The average Bonchev–Trinajstić information content (AvgIpc) is 2.71. The van der Waals surface area contributed by atoms with Crippen LogP contribution in [0.4, 0.5) is 5.69 Å². The maximum Gasteiger partial charge on any atom is 0.265 e. The first kappa shape index (κ1) is 24.1. The summed E-state index contributed by atoms with van der Waals surface area (Å²) in [5.74, 6) is 0.0200. The molecule has 0 fully saturated rings. The summed E-state index contributed by atoms with van der Waals surface area (Å²) < 4.78 is 29.2. The molecule has 0 bridgehead atoms. The summed E-state index contributed by atoms with van der Waals surface area (Å²) in [5, 5.41) is 19.1. The number of hydrogen-bond acceptors (Lipinski definition) is 4. The largest absolute Gasteiger partial charge is 0.508 e. The summed E-state index contributed by atoms with van der Waals surface area (Å²) in [4.78, 5) is 0.280. The highest BCUT2D eigenvalue weighted by molar-refractivity contribution is 7.92. The lowest BCUT2D eigenvalue weighted by Gasteiger charge is -2.27. The van der Waals surface area contributed by atoms with E-state index in [-0.39, 0.29) is 23.8 Å². The van der Waals surface area contributed by atoms with Crippen LogP contribution in [0.3, 0.4) is 0 Å². The zero-order valence-corrected chi connectivity index (χ0v) is 20.0. The number of aromatic hydroxyl groups is 1. The number of nitrogens with zero attached hydrogens (tertiary/aromatic N) is 1. The highest BCUT2D eigenvalue weighted by Gasteiger charge is 2.29. The van der Waals surface area contributed by atoms with Crippen LogP contribution < -0.4 is 4.31 Å². The Balaban J connectivity index is 2.11. The van der Waals surface area contributed by atoms with Crippen molar-refractivity contribution in [1.29, 1.82) is 0 Å². The Bertz CT molecular complexity index is 1180. The van der Waals surface area contributed by atoms with E-state index in [2.05, 4.69) is 0 Å². The van der Waals surface area contributed by atoms with Crippen molar-refractivity contribution < 1.29 is 18.6 Å². The van der Waals surface area contributed by atoms with E-state index in [9.17, 15) is 13.5 Å². The third-order valence-corrected chi connectivity index (χ3v) is 7.78. The molecule has 32 heavy (non-hydrogen) atoms. The molecule has 3 rings (SSSR count). The van der Waals surface area contributed by atoms with Gasteiger partial charge in [-0.1, -0.05) is 47.5 Å². The molecule has 0 atom stereocenters. The first-order chi connectivity index (χ1) is 15.1. The molecule has 3 aromatic carbocycles. The van der Waals surface area contributed by atoms with Gasteiger partial charge in [-0.2, -0.15) is 0 Å². The minimum Gasteiger partial charge on any atom is -0.508 e. The zero-order valence-electron chi connectivity index (χ0n) is 18.5. The van der Waals surface area contributed by atoms with Crippen LogP contribution in [0.1, 0.15) is 34.2 Å². The summed E-state index contributed by atoms with van der Waals surface area (Å²) in [6, 6.07) is 15.6. The van der Waals surface area contributed by atoms with Crippen molar-refractivity contribution in [2.45, 2.75) is 45.1 Å². The molecule has 7 heteroatoms. The van der Waals surface area contributed by atoms with Gasteiger partial charge in [0.1, 0.15) is 5.75 Å². The van der Waals surface area contributed by atoms with Gasteiger partial charge in [-0.15, -0.1) is 0 Å². The Morgan fingerprint density at radius 1 is 0.938 bits per heavy atom. The van der Waals surface area contributed by atoms with Crippen LogP contribution in [-0.2, 0) is 23.0 Å². The predicted octanol–water partition coefficient (Wildman–Crippen LogP) is 5.29. The average molecular weight is 474 g/mol. The standard InChI is InChI=1S/C25H28ClNO4S/c1-17-13-18(2)25(19(3)14-17)32(30,31)27(16-21-8-11-23(29)15-24(21)26)22-9-6-20(7-10-22)5-4-12-28/h6-11,13-15,28-29H,4-5,12,16H2,1-3H3. The number of rotatable bonds is 8. The monoisotopic (exact) mass is 473 g/mol. The Morgan fingerprint density at radius 2 is 1.56 bits per heavy atom. The number of aliphatic hydroxyl groups excluding tert-OH is 1. The van der Waals surface area contributed by atoms with E-state index in [1.165, 1.54) is 16.4 Å². The molecule has 170 valence electrons. The van der Waals surface area contributed by atoms with E-state index in [0.717, 1.165) is 11.1 Å². The first-order valence-corrected chi connectivity index (χ1v) is 12.2. The molecule has 0 aliphatic rings. The molecule has 0 aliphatic heterocycles. The molecule has 0 saturated heterocycles. The van der Waals surface area contributed by atoms with Gasteiger partial charge in [0.15, 0.2) is 0 Å². The van der Waals surface area contributed by atoms with E-state index < -0.39 is 10.0 Å². The normalized spacial score (nSPS) is 11.5. The summed E-state index contributed by atoms with van der Waals surface area (Å²) >= 11 is 6.32. The number of aliphatic hydroxyl groups is 1. The van der Waals surface area contributed by atoms with Crippen molar-refractivity contribution in [2.75, 3.05) is 10.9 Å². The minimum absolute atomic E-state index is 0.0180. The van der Waals surface area contributed by atoms with E-state index in [4.69, 9.17) is 16.7 Å². The molecular formula is C25H28ClNO4S. The molecule has 5 nitrogen and oxygen atoms in total. The topological polar surface area (TPSA) is 77.8 Å². The third-order valence-electron chi connectivity index (χ3n) is 5.35. The molecule has 3 aromatic rings. The number of halogens is 1. The zero-order chi connectivity index (χ0) is 23.5. The van der Waals surface area contributed by atoms with E-state index in [1.807, 2.05) is 31.2 Å². The van der Waals surface area contributed by atoms with Crippen molar-refractivity contribution >= 4 is 27.3 Å². The lowest BCUT2D eigenvalue weighted by Crippen LogP contribution is -2.31. The molecule has 0 saturated carbocycles. The molecule has 0 heterocycles. The van der Waals surface area contributed by atoms with E-state index in [1.54, 1.807) is 32.0 Å². The molecule has 0 aromatic heterocycles. The molecule has 0 radical (unpaired) electrons. The fourth-order valence-corrected chi connectivity index (χ4v) is 6.02. The number of sulfonamides is 1. The molecule has 0 aliphatic carbocycles. The Morgan fingerprint density at radius 3 is 2.12 bits per heavy atom. The molecule has 0 spiro atoms. The fraction of sp³-hybridized carbons (Fsp3) is 0.280. The second-order valence-corrected chi connectivity index (χ2v) is 10.2. The molecular weight excluding hydrogens is 446 g/mol. The van der Waals surface area contributed by atoms with Gasteiger partial charge in [0.25, 0.3) is 10.0 Å². The van der Waals surface area contributed by atoms with Gasteiger partial charge >= 0.3 is 0 Å². The van der Waals surface area contributed by atoms with Crippen LogP contribution in [-0.4, -0.2) is 25.2 Å². The number of phenols is 1. The van der Waals surface area contributed by atoms with Crippen LogP contribution in [0.15, 0.2) is 59.5 Å². The first-order valence-electron chi connectivity index (χ1n) is 10.4. The van der Waals surface area contributed by atoms with E-state index >= 15 is 0 Å².